The molecule has 0 saturated heterocycles. The molecule has 10 nitrogen and oxygen atoms in total. The SMILES string of the molecule is Cc1cc(-n2ccnc2)cc2[nH]c(-c3c(NCCNC(=O)O)cc[nH]c3=O)nc12. The van der Waals surface area contributed by atoms with E-state index in [9.17, 15) is 9.59 Å². The number of rotatable bonds is 6. The summed E-state index contributed by atoms with van der Waals surface area (Å²) in [5.41, 5.74) is 4.09. The van der Waals surface area contributed by atoms with Crippen LogP contribution in [0.2, 0.25) is 0 Å². The van der Waals surface area contributed by atoms with Crippen molar-refractivity contribution in [2.24, 2.45) is 0 Å². The van der Waals surface area contributed by atoms with Crippen molar-refractivity contribution >= 4 is 22.8 Å². The highest BCUT2D eigenvalue weighted by Crippen LogP contribution is 2.27. The molecule has 0 aliphatic carbocycles. The number of aromatic amines is 2. The highest BCUT2D eigenvalue weighted by atomic mass is 16.4. The number of hydrogen-bond donors (Lipinski definition) is 5. The van der Waals surface area contributed by atoms with Crippen molar-refractivity contribution in [3.05, 3.63) is 59.0 Å². The summed E-state index contributed by atoms with van der Waals surface area (Å²) < 4.78 is 1.89. The summed E-state index contributed by atoms with van der Waals surface area (Å²) in [6.45, 7) is 2.49. The molecule has 4 aromatic rings. The average molecular weight is 393 g/mol. The molecule has 0 fully saturated rings. The minimum absolute atomic E-state index is 0.203. The largest absolute Gasteiger partial charge is 0.465 e. The zero-order valence-electron chi connectivity index (χ0n) is 15.6. The van der Waals surface area contributed by atoms with Crippen LogP contribution in [0.4, 0.5) is 10.5 Å². The normalized spacial score (nSPS) is 10.9. The fourth-order valence-corrected chi connectivity index (χ4v) is 3.18. The molecule has 0 spiro atoms. The van der Waals surface area contributed by atoms with Gasteiger partial charge in [-0.2, -0.15) is 0 Å². The third kappa shape index (κ3) is 3.68. The van der Waals surface area contributed by atoms with Crippen LogP contribution in [0.1, 0.15) is 5.56 Å². The van der Waals surface area contributed by atoms with E-state index in [0.29, 0.717) is 23.6 Å². The molecule has 29 heavy (non-hydrogen) atoms. The molecule has 0 radical (unpaired) electrons. The summed E-state index contributed by atoms with van der Waals surface area (Å²) in [4.78, 5) is 37.7. The Labute approximate surface area is 164 Å². The summed E-state index contributed by atoms with van der Waals surface area (Å²) >= 11 is 0. The van der Waals surface area contributed by atoms with Crippen molar-refractivity contribution in [3.8, 4) is 17.1 Å². The predicted octanol–water partition coefficient (Wildman–Crippen LogP) is 2.09. The molecule has 3 heterocycles. The zero-order chi connectivity index (χ0) is 20.4. The van der Waals surface area contributed by atoms with E-state index in [-0.39, 0.29) is 12.1 Å². The first-order valence-corrected chi connectivity index (χ1v) is 8.94. The lowest BCUT2D eigenvalue weighted by Crippen LogP contribution is -2.27. The summed E-state index contributed by atoms with van der Waals surface area (Å²) in [7, 11) is 0. The van der Waals surface area contributed by atoms with Crippen molar-refractivity contribution in [2.45, 2.75) is 6.92 Å². The van der Waals surface area contributed by atoms with Crippen molar-refractivity contribution in [3.63, 3.8) is 0 Å². The maximum absolute atomic E-state index is 12.5. The lowest BCUT2D eigenvalue weighted by atomic mass is 10.2. The average Bonchev–Trinajstić information content (AvgIpc) is 3.35. The molecule has 0 unspecified atom stereocenters. The third-order valence-corrected chi connectivity index (χ3v) is 4.48. The fraction of sp³-hybridized carbons (Fsp3) is 0.158. The van der Waals surface area contributed by atoms with Crippen LogP contribution in [-0.4, -0.2) is 48.8 Å². The fourth-order valence-electron chi connectivity index (χ4n) is 3.18. The maximum Gasteiger partial charge on any atom is 0.404 e. The van der Waals surface area contributed by atoms with Gasteiger partial charge in [-0.25, -0.2) is 14.8 Å². The Morgan fingerprint density at radius 2 is 2.17 bits per heavy atom. The summed E-state index contributed by atoms with van der Waals surface area (Å²) in [5.74, 6) is 0.432. The number of H-pyrrole nitrogens is 2. The van der Waals surface area contributed by atoms with Gasteiger partial charge >= 0.3 is 6.09 Å². The second kappa shape index (κ2) is 7.50. The Kier molecular flexibility index (Phi) is 4.73. The van der Waals surface area contributed by atoms with Crippen LogP contribution in [0.25, 0.3) is 28.1 Å². The summed E-state index contributed by atoms with van der Waals surface area (Å²) in [5, 5.41) is 14.0. The van der Waals surface area contributed by atoms with Crippen molar-refractivity contribution in [1.29, 1.82) is 0 Å². The number of carbonyl (C=O) groups is 1. The zero-order valence-corrected chi connectivity index (χ0v) is 15.6. The molecule has 10 heteroatoms. The molecular weight excluding hydrogens is 374 g/mol. The van der Waals surface area contributed by atoms with E-state index in [1.54, 1.807) is 18.6 Å². The highest BCUT2D eigenvalue weighted by Gasteiger charge is 2.16. The standard InChI is InChI=1S/C19H19N7O3/c1-11-8-12(26-7-6-20-10-26)9-14-16(11)25-17(24-14)15-13(2-3-22-18(15)27)21-4-5-23-19(28)29/h2-3,6-10,23H,4-5H2,1H3,(H,24,25)(H,28,29)(H2,21,22,27). The molecule has 148 valence electrons. The number of nitrogens with one attached hydrogen (secondary N) is 4. The quantitative estimate of drug-likeness (QED) is 0.318. The van der Waals surface area contributed by atoms with Gasteiger partial charge in [-0.3, -0.25) is 4.79 Å². The molecule has 4 rings (SSSR count). The minimum atomic E-state index is -1.10. The molecule has 1 aromatic carbocycles. The van der Waals surface area contributed by atoms with Gasteiger partial charge in [0, 0.05) is 37.4 Å². The monoisotopic (exact) mass is 393 g/mol. The third-order valence-electron chi connectivity index (χ3n) is 4.48. The van der Waals surface area contributed by atoms with E-state index in [4.69, 9.17) is 5.11 Å². The van der Waals surface area contributed by atoms with Gasteiger partial charge in [0.25, 0.3) is 5.56 Å². The van der Waals surface area contributed by atoms with Gasteiger partial charge < -0.3 is 30.3 Å². The lowest BCUT2D eigenvalue weighted by molar-refractivity contribution is 0.195. The second-order valence-electron chi connectivity index (χ2n) is 6.47. The van der Waals surface area contributed by atoms with Gasteiger partial charge in [0.2, 0.25) is 0 Å². The van der Waals surface area contributed by atoms with Crippen LogP contribution in [0.5, 0.6) is 0 Å². The highest BCUT2D eigenvalue weighted by molar-refractivity contribution is 5.86. The van der Waals surface area contributed by atoms with Crippen molar-refractivity contribution < 1.29 is 9.90 Å². The molecule has 5 N–H and O–H groups in total. The van der Waals surface area contributed by atoms with Crippen LogP contribution < -0.4 is 16.2 Å². The molecule has 1 amide bonds. The number of carboxylic acid groups (broad SMARTS) is 1. The van der Waals surface area contributed by atoms with Crippen LogP contribution in [-0.2, 0) is 0 Å². The topological polar surface area (TPSA) is 141 Å². The Morgan fingerprint density at radius 3 is 2.93 bits per heavy atom. The van der Waals surface area contributed by atoms with Crippen molar-refractivity contribution in [1.82, 2.24) is 29.8 Å². The Hall–Kier alpha value is -4.08. The van der Waals surface area contributed by atoms with Gasteiger partial charge in [0.05, 0.1) is 23.0 Å². The first-order chi connectivity index (χ1) is 14.0. The lowest BCUT2D eigenvalue weighted by Gasteiger charge is -2.09. The molecule has 0 aliphatic heterocycles. The number of imidazole rings is 2. The molecule has 0 saturated carbocycles. The number of pyridine rings is 1. The van der Waals surface area contributed by atoms with Crippen LogP contribution in [0.3, 0.4) is 0 Å². The van der Waals surface area contributed by atoms with Gasteiger partial charge in [0.1, 0.15) is 11.4 Å². The van der Waals surface area contributed by atoms with E-state index in [2.05, 4.69) is 30.6 Å². The number of nitrogens with zero attached hydrogens (tertiary/aromatic N) is 3. The number of fused-ring (bicyclic) bond motifs is 1. The molecule has 0 atom stereocenters. The first-order valence-electron chi connectivity index (χ1n) is 8.94. The Morgan fingerprint density at radius 1 is 1.31 bits per heavy atom. The van der Waals surface area contributed by atoms with Gasteiger partial charge in [0.15, 0.2) is 0 Å². The number of aryl methyl sites for hydroxylation is 1. The minimum Gasteiger partial charge on any atom is -0.465 e. The Bertz CT molecular complexity index is 1220. The van der Waals surface area contributed by atoms with Gasteiger partial charge in [-0.15, -0.1) is 0 Å². The van der Waals surface area contributed by atoms with E-state index in [1.165, 1.54) is 6.20 Å². The van der Waals surface area contributed by atoms with E-state index < -0.39 is 6.09 Å². The van der Waals surface area contributed by atoms with Crippen LogP contribution in [0.15, 0.2) is 47.9 Å². The molecule has 0 bridgehead atoms. The predicted molar refractivity (Wildman–Crippen MR) is 109 cm³/mol. The van der Waals surface area contributed by atoms with Gasteiger partial charge in [-0.1, -0.05) is 0 Å². The Balaban J connectivity index is 1.72. The smallest absolute Gasteiger partial charge is 0.404 e. The summed E-state index contributed by atoms with van der Waals surface area (Å²) in [6, 6.07) is 5.66. The first kappa shape index (κ1) is 18.3. The molecular formula is C19H19N7O3. The number of benzene rings is 1. The summed E-state index contributed by atoms with van der Waals surface area (Å²) in [6.07, 6.45) is 5.71. The maximum atomic E-state index is 12.5. The number of aromatic nitrogens is 5. The van der Waals surface area contributed by atoms with E-state index >= 15 is 0 Å². The van der Waals surface area contributed by atoms with E-state index in [0.717, 1.165) is 22.3 Å². The number of amides is 1. The van der Waals surface area contributed by atoms with Crippen LogP contribution >= 0.6 is 0 Å². The molecule has 3 aromatic heterocycles. The molecule has 0 aliphatic rings. The number of hydrogen-bond acceptors (Lipinski definition) is 5. The number of anilines is 1. The van der Waals surface area contributed by atoms with Crippen molar-refractivity contribution in [2.75, 3.05) is 18.4 Å². The van der Waals surface area contributed by atoms with Crippen LogP contribution in [0, 0.1) is 6.92 Å². The van der Waals surface area contributed by atoms with E-state index in [1.807, 2.05) is 29.8 Å². The second-order valence-corrected chi connectivity index (χ2v) is 6.47. The van der Waals surface area contributed by atoms with Gasteiger partial charge in [-0.05, 0) is 30.7 Å².